The van der Waals surface area contributed by atoms with Gasteiger partial charge < -0.3 is 10.1 Å². The van der Waals surface area contributed by atoms with E-state index < -0.39 is 5.97 Å². The van der Waals surface area contributed by atoms with Crippen LogP contribution in [0.4, 0.5) is 5.69 Å². The Hall–Kier alpha value is -3.15. The standard InChI is InChI=1S/C18H17N3O3/c1-11-5-4-10-21-15(12(2)19-16(11)21)17(22)20-14-8-6-13(7-9-14)18(23)24-3/h4-10H,1-3H3,(H,20,22). The van der Waals surface area contributed by atoms with Crippen LogP contribution >= 0.6 is 0 Å². The van der Waals surface area contributed by atoms with Crippen LogP contribution in [0.1, 0.15) is 32.1 Å². The van der Waals surface area contributed by atoms with Gasteiger partial charge in [0.1, 0.15) is 11.3 Å². The van der Waals surface area contributed by atoms with Gasteiger partial charge in [-0.1, -0.05) is 6.07 Å². The predicted octanol–water partition coefficient (Wildman–Crippen LogP) is 2.99. The number of pyridine rings is 1. The Balaban J connectivity index is 1.89. The molecular weight excluding hydrogens is 306 g/mol. The summed E-state index contributed by atoms with van der Waals surface area (Å²) in [7, 11) is 1.33. The van der Waals surface area contributed by atoms with E-state index in [1.165, 1.54) is 7.11 Å². The minimum absolute atomic E-state index is 0.253. The lowest BCUT2D eigenvalue weighted by molar-refractivity contribution is 0.0600. The molecule has 0 fully saturated rings. The van der Waals surface area contributed by atoms with E-state index in [0.29, 0.717) is 22.6 Å². The minimum atomic E-state index is -0.416. The number of ether oxygens (including phenoxy) is 1. The van der Waals surface area contributed by atoms with Crippen LogP contribution in [0.3, 0.4) is 0 Å². The number of carbonyl (C=O) groups is 2. The SMILES string of the molecule is COC(=O)c1ccc(NC(=O)c2c(C)nc3c(C)cccn23)cc1. The summed E-state index contributed by atoms with van der Waals surface area (Å²) in [5, 5.41) is 2.83. The van der Waals surface area contributed by atoms with Crippen molar-refractivity contribution in [2.45, 2.75) is 13.8 Å². The van der Waals surface area contributed by atoms with Crippen molar-refractivity contribution in [3.63, 3.8) is 0 Å². The Bertz CT molecular complexity index is 927. The summed E-state index contributed by atoms with van der Waals surface area (Å²) in [6, 6.07) is 10.4. The Morgan fingerprint density at radius 2 is 1.83 bits per heavy atom. The van der Waals surface area contributed by atoms with Crippen LogP contribution in [0.25, 0.3) is 5.65 Å². The summed E-state index contributed by atoms with van der Waals surface area (Å²) in [4.78, 5) is 28.5. The molecule has 0 atom stereocenters. The van der Waals surface area contributed by atoms with Crippen LogP contribution in [-0.4, -0.2) is 28.4 Å². The number of esters is 1. The molecule has 6 nitrogen and oxygen atoms in total. The number of hydrogen-bond donors (Lipinski definition) is 1. The van der Waals surface area contributed by atoms with E-state index in [-0.39, 0.29) is 5.91 Å². The Morgan fingerprint density at radius 3 is 2.50 bits per heavy atom. The van der Waals surface area contributed by atoms with Crippen molar-refractivity contribution in [3.05, 3.63) is 65.1 Å². The number of nitrogens with zero attached hydrogens (tertiary/aromatic N) is 2. The summed E-state index contributed by atoms with van der Waals surface area (Å²) in [6.07, 6.45) is 1.82. The van der Waals surface area contributed by atoms with Crippen LogP contribution in [0.15, 0.2) is 42.6 Å². The second-order valence-corrected chi connectivity index (χ2v) is 5.45. The van der Waals surface area contributed by atoms with Crippen LogP contribution in [0.5, 0.6) is 0 Å². The first-order valence-corrected chi connectivity index (χ1v) is 7.45. The zero-order chi connectivity index (χ0) is 17.3. The number of carbonyl (C=O) groups excluding carboxylic acids is 2. The van der Waals surface area contributed by atoms with E-state index in [2.05, 4.69) is 15.0 Å². The van der Waals surface area contributed by atoms with E-state index in [9.17, 15) is 9.59 Å². The highest BCUT2D eigenvalue weighted by atomic mass is 16.5. The van der Waals surface area contributed by atoms with Gasteiger partial charge in [0.15, 0.2) is 0 Å². The lowest BCUT2D eigenvalue weighted by atomic mass is 10.2. The zero-order valence-electron chi connectivity index (χ0n) is 13.7. The first kappa shape index (κ1) is 15.7. The topological polar surface area (TPSA) is 72.7 Å². The molecule has 0 bridgehead atoms. The van der Waals surface area contributed by atoms with Gasteiger partial charge in [-0.25, -0.2) is 9.78 Å². The molecule has 0 saturated heterocycles. The first-order valence-electron chi connectivity index (χ1n) is 7.45. The number of benzene rings is 1. The molecule has 3 rings (SSSR count). The maximum absolute atomic E-state index is 12.6. The minimum Gasteiger partial charge on any atom is -0.465 e. The van der Waals surface area contributed by atoms with E-state index in [0.717, 1.165) is 11.2 Å². The molecule has 0 aliphatic rings. The van der Waals surface area contributed by atoms with Crippen LogP contribution in [0.2, 0.25) is 0 Å². The summed E-state index contributed by atoms with van der Waals surface area (Å²) in [5.74, 6) is -0.669. The fourth-order valence-corrected chi connectivity index (χ4v) is 2.59. The second-order valence-electron chi connectivity index (χ2n) is 5.45. The first-order chi connectivity index (χ1) is 11.5. The summed E-state index contributed by atoms with van der Waals surface area (Å²) in [5.41, 5.74) is 3.94. The summed E-state index contributed by atoms with van der Waals surface area (Å²) >= 11 is 0. The number of anilines is 1. The third-order valence-corrected chi connectivity index (χ3v) is 3.80. The molecular formula is C18H17N3O3. The molecule has 0 spiro atoms. The zero-order valence-corrected chi connectivity index (χ0v) is 13.7. The molecule has 0 aliphatic heterocycles. The third kappa shape index (κ3) is 2.74. The molecule has 0 saturated carbocycles. The third-order valence-electron chi connectivity index (χ3n) is 3.80. The van der Waals surface area contributed by atoms with Gasteiger partial charge in [-0.2, -0.15) is 0 Å². The maximum atomic E-state index is 12.6. The number of nitrogens with one attached hydrogen (secondary N) is 1. The molecule has 1 amide bonds. The molecule has 2 heterocycles. The Kier molecular flexibility index (Phi) is 4.04. The summed E-state index contributed by atoms with van der Waals surface area (Å²) < 4.78 is 6.43. The number of fused-ring (bicyclic) bond motifs is 1. The number of amides is 1. The van der Waals surface area contributed by atoms with Crippen LogP contribution in [-0.2, 0) is 4.74 Å². The number of methoxy groups -OCH3 is 1. The average Bonchev–Trinajstić information content (AvgIpc) is 2.92. The van der Waals surface area contributed by atoms with Gasteiger partial charge in [-0.05, 0) is 49.7 Å². The molecule has 2 aromatic heterocycles. The van der Waals surface area contributed by atoms with Gasteiger partial charge in [-0.15, -0.1) is 0 Å². The van der Waals surface area contributed by atoms with Gasteiger partial charge in [0.25, 0.3) is 5.91 Å². The molecule has 122 valence electrons. The highest BCUT2D eigenvalue weighted by molar-refractivity contribution is 6.04. The number of aromatic nitrogens is 2. The van der Waals surface area contributed by atoms with Crippen LogP contribution in [0, 0.1) is 13.8 Å². The number of aryl methyl sites for hydroxylation is 2. The Morgan fingerprint density at radius 1 is 1.12 bits per heavy atom. The van der Waals surface area contributed by atoms with E-state index in [1.54, 1.807) is 28.7 Å². The fourth-order valence-electron chi connectivity index (χ4n) is 2.59. The Labute approximate surface area is 139 Å². The van der Waals surface area contributed by atoms with Crippen molar-refractivity contribution in [2.24, 2.45) is 0 Å². The smallest absolute Gasteiger partial charge is 0.337 e. The van der Waals surface area contributed by atoms with Crippen molar-refractivity contribution in [1.82, 2.24) is 9.38 Å². The van der Waals surface area contributed by atoms with Gasteiger partial charge >= 0.3 is 5.97 Å². The van der Waals surface area contributed by atoms with Crippen molar-refractivity contribution < 1.29 is 14.3 Å². The van der Waals surface area contributed by atoms with Gasteiger partial charge in [0, 0.05) is 11.9 Å². The van der Waals surface area contributed by atoms with E-state index >= 15 is 0 Å². The molecule has 1 N–H and O–H groups in total. The van der Waals surface area contributed by atoms with E-state index in [1.807, 2.05) is 32.2 Å². The van der Waals surface area contributed by atoms with Crippen molar-refractivity contribution in [1.29, 1.82) is 0 Å². The number of imidazole rings is 1. The lowest BCUT2D eigenvalue weighted by Gasteiger charge is -2.07. The van der Waals surface area contributed by atoms with Crippen molar-refractivity contribution in [3.8, 4) is 0 Å². The lowest BCUT2D eigenvalue weighted by Crippen LogP contribution is -2.15. The van der Waals surface area contributed by atoms with E-state index in [4.69, 9.17) is 0 Å². The van der Waals surface area contributed by atoms with Gasteiger partial charge in [-0.3, -0.25) is 9.20 Å². The molecule has 0 radical (unpaired) electrons. The highest BCUT2D eigenvalue weighted by Crippen LogP contribution is 2.17. The largest absolute Gasteiger partial charge is 0.465 e. The molecule has 0 aliphatic carbocycles. The van der Waals surface area contributed by atoms with Crippen LogP contribution < -0.4 is 5.32 Å². The van der Waals surface area contributed by atoms with Crippen molar-refractivity contribution >= 4 is 23.2 Å². The van der Waals surface area contributed by atoms with Crippen molar-refractivity contribution in [2.75, 3.05) is 12.4 Å². The normalized spacial score (nSPS) is 10.6. The molecule has 6 heteroatoms. The molecule has 0 unspecified atom stereocenters. The average molecular weight is 323 g/mol. The maximum Gasteiger partial charge on any atom is 0.337 e. The van der Waals surface area contributed by atoms with Gasteiger partial charge in [0.05, 0.1) is 18.4 Å². The predicted molar refractivity (Wildman–Crippen MR) is 90.4 cm³/mol. The van der Waals surface area contributed by atoms with Gasteiger partial charge in [0.2, 0.25) is 0 Å². The molecule has 1 aromatic carbocycles. The summed E-state index contributed by atoms with van der Waals surface area (Å²) in [6.45, 7) is 3.76. The second kappa shape index (κ2) is 6.16. The molecule has 3 aromatic rings. The fraction of sp³-hybridized carbons (Fsp3) is 0.167. The number of rotatable bonds is 3. The highest BCUT2D eigenvalue weighted by Gasteiger charge is 2.17. The monoisotopic (exact) mass is 323 g/mol. The molecule has 24 heavy (non-hydrogen) atoms. The quantitative estimate of drug-likeness (QED) is 0.752. The number of hydrogen-bond acceptors (Lipinski definition) is 4.